The van der Waals surface area contributed by atoms with Gasteiger partial charge in [-0.2, -0.15) is 4.98 Å². The fraction of sp³-hybridized carbons (Fsp3) is 0.400. The van der Waals surface area contributed by atoms with Gasteiger partial charge in [-0.15, -0.1) is 0 Å². The molecule has 21 heavy (non-hydrogen) atoms. The summed E-state index contributed by atoms with van der Waals surface area (Å²) >= 11 is 0. The van der Waals surface area contributed by atoms with Crippen molar-refractivity contribution in [3.05, 3.63) is 30.2 Å². The molecule has 2 aromatic rings. The van der Waals surface area contributed by atoms with Crippen LogP contribution in [0.5, 0.6) is 5.75 Å². The third-order valence-corrected chi connectivity index (χ3v) is 2.86. The van der Waals surface area contributed by atoms with Crippen LogP contribution in [0, 0.1) is 6.92 Å². The van der Waals surface area contributed by atoms with E-state index in [0.717, 1.165) is 18.4 Å². The average Bonchev–Trinajstić information content (AvgIpc) is 2.92. The highest BCUT2D eigenvalue weighted by atomic mass is 16.5. The van der Waals surface area contributed by atoms with Gasteiger partial charge in [0, 0.05) is 19.0 Å². The first-order valence-corrected chi connectivity index (χ1v) is 6.99. The van der Waals surface area contributed by atoms with Crippen LogP contribution in [-0.4, -0.2) is 29.2 Å². The van der Waals surface area contributed by atoms with Crippen LogP contribution in [0.4, 0.5) is 0 Å². The molecule has 0 radical (unpaired) electrons. The van der Waals surface area contributed by atoms with E-state index in [2.05, 4.69) is 22.4 Å². The van der Waals surface area contributed by atoms with E-state index in [0.29, 0.717) is 24.0 Å². The number of carbonyl (C=O) groups excluding carboxylic acids is 1. The largest absolute Gasteiger partial charge is 0.484 e. The highest BCUT2D eigenvalue weighted by Gasteiger charge is 2.06. The maximum absolute atomic E-state index is 11.5. The van der Waals surface area contributed by atoms with Crippen LogP contribution in [0.3, 0.4) is 0 Å². The van der Waals surface area contributed by atoms with Crippen molar-refractivity contribution < 1.29 is 14.1 Å². The number of benzene rings is 1. The summed E-state index contributed by atoms with van der Waals surface area (Å²) < 4.78 is 10.3. The van der Waals surface area contributed by atoms with Crippen molar-refractivity contribution in [1.29, 1.82) is 0 Å². The molecule has 0 aliphatic heterocycles. The molecule has 0 aliphatic carbocycles. The van der Waals surface area contributed by atoms with Gasteiger partial charge in [-0.25, -0.2) is 0 Å². The predicted octanol–water partition coefficient (Wildman–Crippen LogP) is 2.34. The van der Waals surface area contributed by atoms with Crippen LogP contribution in [-0.2, 0) is 4.79 Å². The SMILES string of the molecule is CCCCNC(=O)COc1ccc(-c2noc(C)n2)cc1. The lowest BCUT2D eigenvalue weighted by Crippen LogP contribution is -2.29. The van der Waals surface area contributed by atoms with Crippen molar-refractivity contribution in [3.8, 4) is 17.1 Å². The summed E-state index contributed by atoms with van der Waals surface area (Å²) in [5.74, 6) is 1.58. The first kappa shape index (κ1) is 15.0. The Balaban J connectivity index is 1.84. The number of ether oxygens (including phenoxy) is 1. The molecule has 1 aromatic heterocycles. The van der Waals surface area contributed by atoms with Crippen LogP contribution in [0.15, 0.2) is 28.8 Å². The molecule has 0 fully saturated rings. The first-order chi connectivity index (χ1) is 10.2. The van der Waals surface area contributed by atoms with Crippen LogP contribution in [0.1, 0.15) is 25.7 Å². The zero-order valence-electron chi connectivity index (χ0n) is 12.3. The number of nitrogens with one attached hydrogen (secondary N) is 1. The lowest BCUT2D eigenvalue weighted by molar-refractivity contribution is -0.123. The van der Waals surface area contributed by atoms with Crippen molar-refractivity contribution in [2.24, 2.45) is 0 Å². The standard InChI is InChI=1S/C15H19N3O3/c1-3-4-9-16-14(19)10-20-13-7-5-12(6-8-13)15-17-11(2)21-18-15/h5-8H,3-4,9-10H2,1-2H3,(H,16,19). The second-order valence-corrected chi connectivity index (χ2v) is 4.65. The monoisotopic (exact) mass is 289 g/mol. The van der Waals surface area contributed by atoms with Crippen LogP contribution < -0.4 is 10.1 Å². The number of unbranched alkanes of at least 4 members (excludes halogenated alkanes) is 1. The zero-order valence-corrected chi connectivity index (χ0v) is 12.3. The Morgan fingerprint density at radius 1 is 1.33 bits per heavy atom. The molecule has 0 unspecified atom stereocenters. The quantitative estimate of drug-likeness (QED) is 0.792. The minimum Gasteiger partial charge on any atom is -0.484 e. The smallest absolute Gasteiger partial charge is 0.257 e. The number of rotatable bonds is 7. The third-order valence-electron chi connectivity index (χ3n) is 2.86. The molecule has 2 rings (SSSR count). The Morgan fingerprint density at radius 2 is 2.10 bits per heavy atom. The second kappa shape index (κ2) is 7.42. The van der Waals surface area contributed by atoms with Gasteiger partial charge >= 0.3 is 0 Å². The summed E-state index contributed by atoms with van der Waals surface area (Å²) in [6.45, 7) is 4.53. The number of amides is 1. The van der Waals surface area contributed by atoms with Gasteiger partial charge in [0.1, 0.15) is 5.75 Å². The van der Waals surface area contributed by atoms with Crippen LogP contribution >= 0.6 is 0 Å². The molecule has 112 valence electrons. The first-order valence-electron chi connectivity index (χ1n) is 6.99. The van der Waals surface area contributed by atoms with E-state index in [1.807, 2.05) is 12.1 Å². The fourth-order valence-electron chi connectivity index (χ4n) is 1.72. The maximum Gasteiger partial charge on any atom is 0.257 e. The van der Waals surface area contributed by atoms with Gasteiger partial charge < -0.3 is 14.6 Å². The average molecular weight is 289 g/mol. The Bertz CT molecular complexity index is 578. The third kappa shape index (κ3) is 4.59. The highest BCUT2D eigenvalue weighted by Crippen LogP contribution is 2.19. The van der Waals surface area contributed by atoms with E-state index in [4.69, 9.17) is 9.26 Å². The van der Waals surface area contributed by atoms with E-state index in [9.17, 15) is 4.79 Å². The number of carbonyl (C=O) groups is 1. The summed E-state index contributed by atoms with van der Waals surface area (Å²) in [5.41, 5.74) is 0.839. The fourth-order valence-corrected chi connectivity index (χ4v) is 1.72. The lowest BCUT2D eigenvalue weighted by atomic mass is 10.2. The van der Waals surface area contributed by atoms with Gasteiger partial charge in [0.25, 0.3) is 5.91 Å². The highest BCUT2D eigenvalue weighted by molar-refractivity contribution is 5.77. The molecular formula is C15H19N3O3. The lowest BCUT2D eigenvalue weighted by Gasteiger charge is -2.07. The van der Waals surface area contributed by atoms with Crippen molar-refractivity contribution in [3.63, 3.8) is 0 Å². The Hall–Kier alpha value is -2.37. The molecule has 0 aliphatic rings. The molecule has 6 nitrogen and oxygen atoms in total. The molecule has 1 heterocycles. The molecule has 0 spiro atoms. The number of hydrogen-bond acceptors (Lipinski definition) is 5. The molecule has 0 bridgehead atoms. The van der Waals surface area contributed by atoms with E-state index in [1.54, 1.807) is 19.1 Å². The molecule has 0 atom stereocenters. The molecule has 0 saturated carbocycles. The molecule has 6 heteroatoms. The van der Waals surface area contributed by atoms with Crippen LogP contribution in [0.25, 0.3) is 11.4 Å². The number of aromatic nitrogens is 2. The van der Waals surface area contributed by atoms with Gasteiger partial charge in [-0.05, 0) is 30.7 Å². The van der Waals surface area contributed by atoms with Gasteiger partial charge in [-0.1, -0.05) is 18.5 Å². The van der Waals surface area contributed by atoms with Crippen molar-refractivity contribution in [2.75, 3.05) is 13.2 Å². The predicted molar refractivity (Wildman–Crippen MR) is 77.9 cm³/mol. The normalized spacial score (nSPS) is 10.4. The summed E-state index contributed by atoms with van der Waals surface area (Å²) in [4.78, 5) is 15.7. The van der Waals surface area contributed by atoms with Crippen molar-refractivity contribution in [1.82, 2.24) is 15.5 Å². The van der Waals surface area contributed by atoms with Crippen LogP contribution in [0.2, 0.25) is 0 Å². The van der Waals surface area contributed by atoms with Crippen molar-refractivity contribution >= 4 is 5.91 Å². The van der Waals surface area contributed by atoms with Gasteiger partial charge in [0.15, 0.2) is 6.61 Å². The number of hydrogen-bond donors (Lipinski definition) is 1. The summed E-state index contributed by atoms with van der Waals surface area (Å²) in [6.07, 6.45) is 2.03. The van der Waals surface area contributed by atoms with Crippen molar-refractivity contribution in [2.45, 2.75) is 26.7 Å². The Labute approximate surface area is 123 Å². The molecule has 1 N–H and O–H groups in total. The van der Waals surface area contributed by atoms with E-state index in [1.165, 1.54) is 0 Å². The van der Waals surface area contributed by atoms with Gasteiger partial charge in [-0.3, -0.25) is 4.79 Å². The number of aryl methyl sites for hydroxylation is 1. The van der Waals surface area contributed by atoms with E-state index >= 15 is 0 Å². The Morgan fingerprint density at radius 3 is 2.71 bits per heavy atom. The van der Waals surface area contributed by atoms with E-state index in [-0.39, 0.29) is 12.5 Å². The summed E-state index contributed by atoms with van der Waals surface area (Å²) in [6, 6.07) is 7.21. The Kier molecular flexibility index (Phi) is 5.31. The van der Waals surface area contributed by atoms with Gasteiger partial charge in [0.05, 0.1) is 0 Å². The minimum atomic E-state index is -0.110. The molecule has 1 amide bonds. The van der Waals surface area contributed by atoms with Gasteiger partial charge in [0.2, 0.25) is 11.7 Å². The molecule has 1 aromatic carbocycles. The molecule has 0 saturated heterocycles. The maximum atomic E-state index is 11.5. The second-order valence-electron chi connectivity index (χ2n) is 4.65. The zero-order chi connectivity index (χ0) is 15.1. The van der Waals surface area contributed by atoms with E-state index < -0.39 is 0 Å². The minimum absolute atomic E-state index is 0.0182. The molecular weight excluding hydrogens is 270 g/mol. The summed E-state index contributed by atoms with van der Waals surface area (Å²) in [7, 11) is 0. The topological polar surface area (TPSA) is 77.2 Å². The number of nitrogens with zero attached hydrogens (tertiary/aromatic N) is 2. The summed E-state index contributed by atoms with van der Waals surface area (Å²) in [5, 5.41) is 6.64.